The number of hydrogen-bond donors (Lipinski definition) is 2. The predicted molar refractivity (Wildman–Crippen MR) is 129 cm³/mol. The Balaban J connectivity index is 1.24. The molecule has 2 aliphatic rings. The molecule has 2 N–H and O–H groups in total. The van der Waals surface area contributed by atoms with E-state index in [9.17, 15) is 9.59 Å². The Labute approximate surface area is 195 Å². The van der Waals surface area contributed by atoms with Crippen molar-refractivity contribution < 1.29 is 9.59 Å². The van der Waals surface area contributed by atoms with Crippen LogP contribution in [0.25, 0.3) is 10.9 Å². The molecule has 2 saturated heterocycles. The molecule has 2 aromatic rings. The topological polar surface area (TPSA) is 68.4 Å². The van der Waals surface area contributed by atoms with Crippen molar-refractivity contribution in [2.24, 2.45) is 11.8 Å². The number of rotatable bonds is 6. The maximum absolute atomic E-state index is 13.0. The van der Waals surface area contributed by atoms with E-state index in [1.165, 1.54) is 19.3 Å². The van der Waals surface area contributed by atoms with Crippen LogP contribution in [0, 0.1) is 11.8 Å². The van der Waals surface area contributed by atoms with E-state index in [1.54, 1.807) is 0 Å². The second kappa shape index (κ2) is 10.3. The lowest BCUT2D eigenvalue weighted by Crippen LogP contribution is -2.45. The third kappa shape index (κ3) is 5.29. The molecule has 32 heavy (non-hydrogen) atoms. The third-order valence-electron chi connectivity index (χ3n) is 7.40. The fourth-order valence-corrected chi connectivity index (χ4v) is 5.36. The molecule has 3 heterocycles. The largest absolute Gasteiger partial charge is 0.355 e. The summed E-state index contributed by atoms with van der Waals surface area (Å²) in [6, 6.07) is 8.07. The SMILES string of the molecule is C[C@H](C(=O)NCCN1CCCC[C@@H]1C)C1CCN(C(=O)c2cc3cc(Cl)ccc3[nH]2)CC1. The number of nitrogens with one attached hydrogen (secondary N) is 2. The van der Waals surface area contributed by atoms with Crippen LogP contribution in [0.1, 0.15) is 56.4 Å². The lowest BCUT2D eigenvalue weighted by molar-refractivity contribution is -0.126. The van der Waals surface area contributed by atoms with Gasteiger partial charge in [-0.1, -0.05) is 24.9 Å². The van der Waals surface area contributed by atoms with Gasteiger partial charge < -0.3 is 15.2 Å². The van der Waals surface area contributed by atoms with Crippen molar-refractivity contribution in [1.29, 1.82) is 0 Å². The van der Waals surface area contributed by atoms with Crippen LogP contribution in [0.3, 0.4) is 0 Å². The van der Waals surface area contributed by atoms with E-state index in [0.29, 0.717) is 35.8 Å². The Kier molecular flexibility index (Phi) is 7.41. The number of likely N-dealkylation sites (tertiary alicyclic amines) is 2. The van der Waals surface area contributed by atoms with Crippen molar-refractivity contribution in [3.8, 4) is 0 Å². The molecule has 4 rings (SSSR count). The molecule has 1 aromatic carbocycles. The summed E-state index contributed by atoms with van der Waals surface area (Å²) in [5.41, 5.74) is 1.51. The molecule has 0 aliphatic carbocycles. The van der Waals surface area contributed by atoms with Crippen LogP contribution in [0.4, 0.5) is 0 Å². The highest BCUT2D eigenvalue weighted by Crippen LogP contribution is 2.27. The number of benzene rings is 1. The van der Waals surface area contributed by atoms with Crippen LogP contribution in [0.15, 0.2) is 24.3 Å². The molecule has 6 nitrogen and oxygen atoms in total. The smallest absolute Gasteiger partial charge is 0.270 e. The van der Waals surface area contributed by atoms with Gasteiger partial charge >= 0.3 is 0 Å². The van der Waals surface area contributed by atoms with Gasteiger partial charge in [0.1, 0.15) is 5.69 Å². The van der Waals surface area contributed by atoms with Gasteiger partial charge in [-0.15, -0.1) is 0 Å². The first kappa shape index (κ1) is 23.1. The minimum Gasteiger partial charge on any atom is -0.355 e. The summed E-state index contributed by atoms with van der Waals surface area (Å²) in [6.45, 7) is 8.47. The zero-order valence-electron chi connectivity index (χ0n) is 19.2. The zero-order valence-corrected chi connectivity index (χ0v) is 20.0. The molecule has 0 spiro atoms. The highest BCUT2D eigenvalue weighted by atomic mass is 35.5. The van der Waals surface area contributed by atoms with E-state index in [2.05, 4.69) is 22.1 Å². The number of carbonyl (C=O) groups is 2. The molecule has 0 saturated carbocycles. The first-order valence-corrected chi connectivity index (χ1v) is 12.4. The predicted octanol–water partition coefficient (Wildman–Crippen LogP) is 4.30. The Hall–Kier alpha value is -2.05. The number of fused-ring (bicyclic) bond motifs is 1. The van der Waals surface area contributed by atoms with Crippen molar-refractivity contribution in [2.75, 3.05) is 32.7 Å². The van der Waals surface area contributed by atoms with Crippen LogP contribution in [0.2, 0.25) is 5.02 Å². The van der Waals surface area contributed by atoms with Crippen molar-refractivity contribution in [3.63, 3.8) is 0 Å². The minimum absolute atomic E-state index is 0.0172. The van der Waals surface area contributed by atoms with Crippen molar-refractivity contribution in [3.05, 3.63) is 35.0 Å². The van der Waals surface area contributed by atoms with Gasteiger partial charge in [0.2, 0.25) is 5.91 Å². The van der Waals surface area contributed by atoms with Gasteiger partial charge in [0.05, 0.1) is 0 Å². The van der Waals surface area contributed by atoms with Gasteiger partial charge in [0.15, 0.2) is 0 Å². The van der Waals surface area contributed by atoms with Gasteiger partial charge in [-0.25, -0.2) is 0 Å². The van der Waals surface area contributed by atoms with E-state index < -0.39 is 0 Å². The first-order valence-electron chi connectivity index (χ1n) is 12.0. The normalized spacial score (nSPS) is 21.6. The summed E-state index contributed by atoms with van der Waals surface area (Å²) in [5.74, 6) is 0.450. The minimum atomic E-state index is -0.0266. The van der Waals surface area contributed by atoms with Crippen molar-refractivity contribution in [2.45, 2.75) is 52.0 Å². The zero-order chi connectivity index (χ0) is 22.7. The lowest BCUT2D eigenvalue weighted by atomic mass is 9.84. The summed E-state index contributed by atoms with van der Waals surface area (Å²) in [5, 5.41) is 4.76. The quantitative estimate of drug-likeness (QED) is 0.678. The molecule has 0 unspecified atom stereocenters. The maximum Gasteiger partial charge on any atom is 0.270 e. The fraction of sp³-hybridized carbons (Fsp3) is 0.600. The number of aromatic amines is 1. The standard InChI is InChI=1S/C25H35ClN4O2/c1-17-5-3-4-11-29(17)14-10-27-24(31)18(2)19-8-12-30(13-9-19)25(32)23-16-20-15-21(26)6-7-22(20)28-23/h6-7,15-19,28H,3-5,8-14H2,1-2H3,(H,27,31)/t17-,18-/m0/s1. The third-order valence-corrected chi connectivity index (χ3v) is 7.63. The number of amides is 2. The summed E-state index contributed by atoms with van der Waals surface area (Å²) < 4.78 is 0. The molecular weight excluding hydrogens is 424 g/mol. The second-order valence-electron chi connectivity index (χ2n) is 9.50. The molecule has 0 radical (unpaired) electrons. The number of piperidine rings is 2. The maximum atomic E-state index is 13.0. The van der Waals surface area contributed by atoms with E-state index in [0.717, 1.165) is 43.4 Å². The van der Waals surface area contributed by atoms with Gasteiger partial charge in [0, 0.05) is 54.1 Å². The fourth-order valence-electron chi connectivity index (χ4n) is 5.18. The summed E-state index contributed by atoms with van der Waals surface area (Å²) in [4.78, 5) is 33.2. The number of H-pyrrole nitrogens is 1. The molecule has 2 aliphatic heterocycles. The number of aromatic nitrogens is 1. The summed E-state index contributed by atoms with van der Waals surface area (Å²) in [6.07, 6.45) is 5.55. The van der Waals surface area contributed by atoms with Gasteiger partial charge in [0.25, 0.3) is 5.91 Å². The van der Waals surface area contributed by atoms with Crippen LogP contribution in [-0.4, -0.2) is 65.4 Å². The molecule has 7 heteroatoms. The van der Waals surface area contributed by atoms with Crippen molar-refractivity contribution in [1.82, 2.24) is 20.1 Å². The number of hydrogen-bond acceptors (Lipinski definition) is 3. The molecule has 2 amide bonds. The highest BCUT2D eigenvalue weighted by molar-refractivity contribution is 6.31. The number of halogens is 1. The van der Waals surface area contributed by atoms with E-state index in [4.69, 9.17) is 11.6 Å². The van der Waals surface area contributed by atoms with Crippen LogP contribution >= 0.6 is 11.6 Å². The monoisotopic (exact) mass is 458 g/mol. The second-order valence-corrected chi connectivity index (χ2v) is 9.94. The summed E-state index contributed by atoms with van der Waals surface area (Å²) >= 11 is 6.06. The first-order chi connectivity index (χ1) is 15.4. The van der Waals surface area contributed by atoms with Crippen LogP contribution in [0.5, 0.6) is 0 Å². The van der Waals surface area contributed by atoms with E-state index >= 15 is 0 Å². The van der Waals surface area contributed by atoms with E-state index in [1.807, 2.05) is 36.1 Å². The van der Waals surface area contributed by atoms with Gasteiger partial charge in [-0.3, -0.25) is 14.5 Å². The molecule has 0 bridgehead atoms. The Morgan fingerprint density at radius 3 is 2.69 bits per heavy atom. The molecule has 174 valence electrons. The van der Waals surface area contributed by atoms with Crippen molar-refractivity contribution >= 4 is 34.3 Å². The summed E-state index contributed by atoms with van der Waals surface area (Å²) in [7, 11) is 0. The number of carbonyl (C=O) groups excluding carboxylic acids is 2. The molecule has 2 fully saturated rings. The van der Waals surface area contributed by atoms with E-state index in [-0.39, 0.29) is 17.7 Å². The number of nitrogens with zero attached hydrogens (tertiary/aromatic N) is 2. The van der Waals surface area contributed by atoms with Gasteiger partial charge in [-0.2, -0.15) is 0 Å². The van der Waals surface area contributed by atoms with Crippen LogP contribution in [-0.2, 0) is 4.79 Å². The Morgan fingerprint density at radius 1 is 1.16 bits per heavy atom. The molecular formula is C25H35ClN4O2. The highest BCUT2D eigenvalue weighted by Gasteiger charge is 2.30. The Bertz CT molecular complexity index is 951. The van der Waals surface area contributed by atoms with Gasteiger partial charge in [-0.05, 0) is 69.3 Å². The molecule has 1 aromatic heterocycles. The molecule has 2 atom stereocenters. The average molecular weight is 459 g/mol. The van der Waals surface area contributed by atoms with Crippen LogP contribution < -0.4 is 5.32 Å². The lowest BCUT2D eigenvalue weighted by Gasteiger charge is -2.35. The average Bonchev–Trinajstić information content (AvgIpc) is 3.22. The Morgan fingerprint density at radius 2 is 1.94 bits per heavy atom.